The zero-order chi connectivity index (χ0) is 19.4. The van der Waals surface area contributed by atoms with Crippen LogP contribution in [0.2, 0.25) is 5.02 Å². The molecule has 0 radical (unpaired) electrons. The monoisotopic (exact) mass is 410 g/mol. The van der Waals surface area contributed by atoms with Gasteiger partial charge in [0.25, 0.3) is 0 Å². The summed E-state index contributed by atoms with van der Waals surface area (Å²) in [4.78, 5) is 12.2. The largest absolute Gasteiger partial charge is 0.486 e. The van der Waals surface area contributed by atoms with E-state index < -0.39 is 15.9 Å². The van der Waals surface area contributed by atoms with Crippen LogP contribution in [-0.4, -0.2) is 45.4 Å². The Morgan fingerprint density at radius 1 is 1.15 bits per heavy atom. The van der Waals surface area contributed by atoms with Crippen molar-refractivity contribution in [1.29, 1.82) is 0 Å². The lowest BCUT2D eigenvalue weighted by molar-refractivity contribution is -0.121. The number of sulfonamides is 1. The number of nitrogens with zero attached hydrogens (tertiary/aromatic N) is 1. The quantitative estimate of drug-likeness (QED) is 0.787. The van der Waals surface area contributed by atoms with Crippen LogP contribution in [0.15, 0.2) is 47.4 Å². The molecule has 2 aromatic carbocycles. The number of hydrogen-bond donors (Lipinski definition) is 1. The maximum atomic E-state index is 12.7. The zero-order valence-corrected chi connectivity index (χ0v) is 16.2. The van der Waals surface area contributed by atoms with Crippen molar-refractivity contribution >= 4 is 27.5 Å². The van der Waals surface area contributed by atoms with E-state index in [1.165, 1.54) is 19.2 Å². The number of benzene rings is 2. The van der Waals surface area contributed by atoms with Crippen LogP contribution in [0.25, 0.3) is 0 Å². The molecule has 9 heteroatoms. The van der Waals surface area contributed by atoms with Crippen LogP contribution in [0, 0.1) is 0 Å². The molecule has 2 aromatic rings. The van der Waals surface area contributed by atoms with Crippen LogP contribution in [-0.2, 0) is 21.4 Å². The number of hydrogen-bond acceptors (Lipinski definition) is 5. The highest BCUT2D eigenvalue weighted by Gasteiger charge is 2.25. The Morgan fingerprint density at radius 3 is 2.59 bits per heavy atom. The molecule has 1 heterocycles. The van der Waals surface area contributed by atoms with Gasteiger partial charge < -0.3 is 14.8 Å². The second-order valence-corrected chi connectivity index (χ2v) is 8.39. The van der Waals surface area contributed by atoms with E-state index in [-0.39, 0.29) is 18.0 Å². The van der Waals surface area contributed by atoms with E-state index >= 15 is 0 Å². The first-order valence-electron chi connectivity index (χ1n) is 8.24. The van der Waals surface area contributed by atoms with Crippen molar-refractivity contribution in [2.75, 3.05) is 26.8 Å². The number of likely N-dealkylation sites (N-methyl/N-ethyl adjacent to an activating group) is 1. The molecule has 0 fully saturated rings. The molecule has 1 aliphatic rings. The van der Waals surface area contributed by atoms with Crippen molar-refractivity contribution in [3.8, 4) is 11.5 Å². The van der Waals surface area contributed by atoms with Gasteiger partial charge >= 0.3 is 0 Å². The van der Waals surface area contributed by atoms with Crippen molar-refractivity contribution in [2.24, 2.45) is 0 Å². The molecule has 27 heavy (non-hydrogen) atoms. The highest BCUT2D eigenvalue weighted by atomic mass is 35.5. The first kappa shape index (κ1) is 19.5. The van der Waals surface area contributed by atoms with E-state index in [1.54, 1.807) is 24.3 Å². The second-order valence-electron chi connectivity index (χ2n) is 5.93. The SMILES string of the molecule is CN(CC(=O)NCc1ccccc1Cl)S(=O)(=O)c1ccc2c(c1)OCCO2. The smallest absolute Gasteiger partial charge is 0.243 e. The summed E-state index contributed by atoms with van der Waals surface area (Å²) in [5, 5.41) is 3.21. The summed E-state index contributed by atoms with van der Waals surface area (Å²) in [6.45, 7) is 0.680. The highest BCUT2D eigenvalue weighted by Crippen LogP contribution is 2.32. The summed E-state index contributed by atoms with van der Waals surface area (Å²) in [6, 6.07) is 11.5. The molecule has 144 valence electrons. The maximum absolute atomic E-state index is 12.7. The molecule has 0 saturated carbocycles. The lowest BCUT2D eigenvalue weighted by Crippen LogP contribution is -2.38. The van der Waals surface area contributed by atoms with Crippen molar-refractivity contribution in [2.45, 2.75) is 11.4 Å². The molecule has 0 saturated heterocycles. The zero-order valence-electron chi connectivity index (χ0n) is 14.6. The Bertz CT molecular complexity index is 949. The number of ether oxygens (including phenoxy) is 2. The Balaban J connectivity index is 1.64. The summed E-state index contributed by atoms with van der Waals surface area (Å²) in [7, 11) is -2.50. The lowest BCUT2D eigenvalue weighted by atomic mass is 10.2. The number of halogens is 1. The van der Waals surface area contributed by atoms with Gasteiger partial charge in [-0.15, -0.1) is 0 Å². The van der Waals surface area contributed by atoms with Gasteiger partial charge in [-0.3, -0.25) is 4.79 Å². The Hall–Kier alpha value is -2.29. The van der Waals surface area contributed by atoms with Gasteiger partial charge in [0.1, 0.15) is 13.2 Å². The van der Waals surface area contributed by atoms with Gasteiger partial charge in [0, 0.05) is 24.7 Å². The number of nitrogens with one attached hydrogen (secondary N) is 1. The molecule has 0 atom stereocenters. The predicted octanol–water partition coefficient (Wildman–Crippen LogP) is 2.05. The minimum absolute atomic E-state index is 0.0353. The Kier molecular flexibility index (Phi) is 5.88. The fourth-order valence-electron chi connectivity index (χ4n) is 2.54. The van der Waals surface area contributed by atoms with Crippen LogP contribution < -0.4 is 14.8 Å². The van der Waals surface area contributed by atoms with Crippen molar-refractivity contribution in [1.82, 2.24) is 9.62 Å². The molecule has 1 amide bonds. The van der Waals surface area contributed by atoms with Crippen molar-refractivity contribution in [3.63, 3.8) is 0 Å². The minimum atomic E-state index is -3.85. The summed E-state index contributed by atoms with van der Waals surface area (Å²) >= 11 is 6.04. The molecule has 0 bridgehead atoms. The van der Waals surface area contributed by atoms with Crippen molar-refractivity contribution < 1.29 is 22.7 Å². The van der Waals surface area contributed by atoms with E-state index in [2.05, 4.69) is 5.32 Å². The first-order valence-corrected chi connectivity index (χ1v) is 10.1. The maximum Gasteiger partial charge on any atom is 0.243 e. The molecule has 0 unspecified atom stereocenters. The molecule has 3 rings (SSSR count). The lowest BCUT2D eigenvalue weighted by Gasteiger charge is -2.21. The molecule has 0 aromatic heterocycles. The van der Waals surface area contributed by atoms with Crippen LogP contribution in [0.1, 0.15) is 5.56 Å². The summed E-state index contributed by atoms with van der Waals surface area (Å²) in [5.41, 5.74) is 0.755. The molecule has 1 aliphatic heterocycles. The minimum Gasteiger partial charge on any atom is -0.486 e. The van der Waals surface area contributed by atoms with E-state index in [0.717, 1.165) is 9.87 Å². The van der Waals surface area contributed by atoms with E-state index in [9.17, 15) is 13.2 Å². The van der Waals surface area contributed by atoms with Crippen LogP contribution in [0.5, 0.6) is 11.5 Å². The van der Waals surface area contributed by atoms with E-state index in [0.29, 0.717) is 29.7 Å². The van der Waals surface area contributed by atoms with Crippen LogP contribution in [0.3, 0.4) is 0 Å². The van der Waals surface area contributed by atoms with Crippen LogP contribution >= 0.6 is 11.6 Å². The van der Waals surface area contributed by atoms with Gasteiger partial charge in [-0.25, -0.2) is 8.42 Å². The Morgan fingerprint density at radius 2 is 1.85 bits per heavy atom. The van der Waals surface area contributed by atoms with Crippen LogP contribution in [0.4, 0.5) is 0 Å². The second kappa shape index (κ2) is 8.16. The van der Waals surface area contributed by atoms with Gasteiger partial charge in [-0.1, -0.05) is 29.8 Å². The summed E-state index contributed by atoms with van der Waals surface area (Å²) in [5.74, 6) is 0.442. The number of fused-ring (bicyclic) bond motifs is 1. The molecule has 0 spiro atoms. The fourth-order valence-corrected chi connectivity index (χ4v) is 3.89. The molecular formula is C18H19ClN2O5S. The molecule has 7 nitrogen and oxygen atoms in total. The van der Waals surface area contributed by atoms with Gasteiger partial charge in [-0.05, 0) is 23.8 Å². The average molecular weight is 411 g/mol. The highest BCUT2D eigenvalue weighted by molar-refractivity contribution is 7.89. The normalized spacial score (nSPS) is 13.4. The molecule has 0 aliphatic carbocycles. The summed E-state index contributed by atoms with van der Waals surface area (Å²) in [6.07, 6.45) is 0. The third-order valence-electron chi connectivity index (χ3n) is 4.02. The van der Waals surface area contributed by atoms with Gasteiger partial charge in [0.15, 0.2) is 11.5 Å². The summed E-state index contributed by atoms with van der Waals surface area (Å²) < 4.78 is 37.2. The Labute approximate surface area is 162 Å². The third-order valence-corrected chi connectivity index (χ3v) is 6.19. The number of amides is 1. The third kappa shape index (κ3) is 4.52. The standard InChI is InChI=1S/C18H19ClN2O5S/c1-21(12-18(22)20-11-13-4-2-3-5-15(13)19)27(23,24)14-6-7-16-17(10-14)26-9-8-25-16/h2-7,10H,8-9,11-12H2,1H3,(H,20,22). The topological polar surface area (TPSA) is 84.9 Å². The first-order chi connectivity index (χ1) is 12.9. The molecule has 1 N–H and O–H groups in total. The van der Waals surface area contributed by atoms with Gasteiger partial charge in [0.2, 0.25) is 15.9 Å². The van der Waals surface area contributed by atoms with E-state index in [4.69, 9.17) is 21.1 Å². The van der Waals surface area contributed by atoms with Gasteiger partial charge in [0.05, 0.1) is 11.4 Å². The number of carbonyl (C=O) groups is 1. The predicted molar refractivity (Wildman–Crippen MR) is 101 cm³/mol. The van der Waals surface area contributed by atoms with Gasteiger partial charge in [-0.2, -0.15) is 4.31 Å². The number of carbonyl (C=O) groups excluding carboxylic acids is 1. The van der Waals surface area contributed by atoms with Crippen molar-refractivity contribution in [3.05, 3.63) is 53.1 Å². The molecular weight excluding hydrogens is 392 g/mol. The fraction of sp³-hybridized carbons (Fsp3) is 0.278. The average Bonchev–Trinajstić information content (AvgIpc) is 2.67. The number of rotatable bonds is 6. The van der Waals surface area contributed by atoms with E-state index in [1.807, 2.05) is 6.07 Å².